The summed E-state index contributed by atoms with van der Waals surface area (Å²) in [7, 11) is 3.80. The SMILES string of the molecule is CC(C)CC(CN)CC(=O)Nc1cccc(Cl)c1N(C)C. The monoisotopic (exact) mass is 311 g/mol. The van der Waals surface area contributed by atoms with Gasteiger partial charge in [-0.1, -0.05) is 31.5 Å². The van der Waals surface area contributed by atoms with Crippen LogP contribution in [0.2, 0.25) is 5.02 Å². The van der Waals surface area contributed by atoms with E-state index in [2.05, 4.69) is 19.2 Å². The van der Waals surface area contributed by atoms with Gasteiger partial charge in [-0.25, -0.2) is 0 Å². The number of nitrogens with one attached hydrogen (secondary N) is 1. The third kappa shape index (κ3) is 5.56. The van der Waals surface area contributed by atoms with Gasteiger partial charge in [0.15, 0.2) is 0 Å². The van der Waals surface area contributed by atoms with Crippen molar-refractivity contribution in [2.45, 2.75) is 26.7 Å². The van der Waals surface area contributed by atoms with Gasteiger partial charge in [-0.15, -0.1) is 0 Å². The normalized spacial score (nSPS) is 12.3. The number of rotatable bonds is 7. The van der Waals surface area contributed by atoms with Gasteiger partial charge in [0, 0.05) is 20.5 Å². The fraction of sp³-hybridized carbons (Fsp3) is 0.562. The van der Waals surface area contributed by atoms with Gasteiger partial charge in [0.1, 0.15) is 0 Å². The van der Waals surface area contributed by atoms with E-state index >= 15 is 0 Å². The Hall–Kier alpha value is -1.26. The molecule has 3 N–H and O–H groups in total. The number of carbonyl (C=O) groups is 1. The van der Waals surface area contributed by atoms with Crippen LogP contribution >= 0.6 is 11.6 Å². The molecule has 1 atom stereocenters. The molecule has 0 bridgehead atoms. The van der Waals surface area contributed by atoms with Gasteiger partial charge >= 0.3 is 0 Å². The number of amides is 1. The van der Waals surface area contributed by atoms with Crippen LogP contribution in [0, 0.1) is 11.8 Å². The molecule has 0 heterocycles. The van der Waals surface area contributed by atoms with E-state index in [4.69, 9.17) is 17.3 Å². The summed E-state index contributed by atoms with van der Waals surface area (Å²) in [6.07, 6.45) is 1.40. The number of carbonyl (C=O) groups excluding carboxylic acids is 1. The maximum Gasteiger partial charge on any atom is 0.224 e. The minimum atomic E-state index is -0.0172. The highest BCUT2D eigenvalue weighted by molar-refractivity contribution is 6.34. The molecule has 1 aromatic rings. The van der Waals surface area contributed by atoms with Crippen molar-refractivity contribution in [3.63, 3.8) is 0 Å². The lowest BCUT2D eigenvalue weighted by Crippen LogP contribution is -2.24. The molecule has 1 rings (SSSR count). The van der Waals surface area contributed by atoms with E-state index in [1.165, 1.54) is 0 Å². The molecule has 0 aliphatic carbocycles. The minimum absolute atomic E-state index is 0.0172. The fourth-order valence-electron chi connectivity index (χ4n) is 2.46. The molecule has 118 valence electrons. The number of nitrogens with zero attached hydrogens (tertiary/aromatic N) is 1. The van der Waals surface area contributed by atoms with Crippen LogP contribution in [-0.4, -0.2) is 26.5 Å². The highest BCUT2D eigenvalue weighted by Gasteiger charge is 2.16. The van der Waals surface area contributed by atoms with Crippen molar-refractivity contribution < 1.29 is 4.79 Å². The second-order valence-electron chi connectivity index (χ2n) is 6.01. The Balaban J connectivity index is 2.77. The standard InChI is InChI=1S/C16H26ClN3O/c1-11(2)8-12(10-18)9-15(21)19-14-7-5-6-13(17)16(14)20(3)4/h5-7,11-12H,8-10,18H2,1-4H3,(H,19,21). The molecule has 0 aromatic heterocycles. The van der Waals surface area contributed by atoms with Gasteiger partial charge in [0.05, 0.1) is 16.4 Å². The number of para-hydroxylation sites is 1. The zero-order chi connectivity index (χ0) is 16.0. The van der Waals surface area contributed by atoms with Gasteiger partial charge in [-0.3, -0.25) is 4.79 Å². The Kier molecular flexibility index (Phi) is 6.99. The number of anilines is 2. The Labute approximate surface area is 132 Å². The first kappa shape index (κ1) is 17.8. The first-order valence-corrected chi connectivity index (χ1v) is 7.68. The Morgan fingerprint density at radius 1 is 1.38 bits per heavy atom. The van der Waals surface area contributed by atoms with Gasteiger partial charge in [0.25, 0.3) is 0 Å². The van der Waals surface area contributed by atoms with Crippen LogP contribution in [-0.2, 0) is 4.79 Å². The van der Waals surface area contributed by atoms with Crippen molar-refractivity contribution >= 4 is 28.9 Å². The first-order chi connectivity index (χ1) is 9.85. The molecule has 1 amide bonds. The second-order valence-corrected chi connectivity index (χ2v) is 6.42. The largest absolute Gasteiger partial charge is 0.375 e. The number of nitrogens with two attached hydrogens (primary N) is 1. The quantitative estimate of drug-likeness (QED) is 0.812. The average molecular weight is 312 g/mol. The van der Waals surface area contributed by atoms with Crippen molar-refractivity contribution in [1.29, 1.82) is 0 Å². The Morgan fingerprint density at radius 2 is 2.05 bits per heavy atom. The average Bonchev–Trinajstić information content (AvgIpc) is 2.36. The molecular formula is C16H26ClN3O. The molecule has 0 saturated carbocycles. The van der Waals surface area contributed by atoms with Crippen molar-refractivity contribution in [1.82, 2.24) is 0 Å². The number of halogens is 1. The Bertz CT molecular complexity index is 475. The molecule has 0 aliphatic heterocycles. The van der Waals surface area contributed by atoms with E-state index in [1.807, 2.05) is 37.2 Å². The molecule has 1 unspecified atom stereocenters. The number of benzene rings is 1. The van der Waals surface area contributed by atoms with Crippen LogP contribution in [0.5, 0.6) is 0 Å². The Morgan fingerprint density at radius 3 is 2.57 bits per heavy atom. The molecule has 0 radical (unpaired) electrons. The van der Waals surface area contributed by atoms with Crippen molar-refractivity contribution in [2.75, 3.05) is 30.9 Å². The molecular weight excluding hydrogens is 286 g/mol. The summed E-state index contributed by atoms with van der Waals surface area (Å²) in [6.45, 7) is 4.81. The highest BCUT2D eigenvalue weighted by Crippen LogP contribution is 2.32. The van der Waals surface area contributed by atoms with Crippen molar-refractivity contribution in [3.05, 3.63) is 23.2 Å². The maximum absolute atomic E-state index is 12.2. The molecule has 4 nitrogen and oxygen atoms in total. The zero-order valence-electron chi connectivity index (χ0n) is 13.3. The lowest BCUT2D eigenvalue weighted by atomic mass is 9.94. The van der Waals surface area contributed by atoms with Crippen LogP contribution in [0.3, 0.4) is 0 Å². The summed E-state index contributed by atoms with van der Waals surface area (Å²) in [5.41, 5.74) is 7.31. The van der Waals surface area contributed by atoms with Crippen molar-refractivity contribution in [2.24, 2.45) is 17.6 Å². The summed E-state index contributed by atoms with van der Waals surface area (Å²) in [6, 6.07) is 5.51. The van der Waals surface area contributed by atoms with E-state index < -0.39 is 0 Å². The van der Waals surface area contributed by atoms with E-state index in [1.54, 1.807) is 0 Å². The van der Waals surface area contributed by atoms with Crippen LogP contribution < -0.4 is 16.0 Å². The molecule has 5 heteroatoms. The van der Waals surface area contributed by atoms with E-state index in [-0.39, 0.29) is 11.8 Å². The van der Waals surface area contributed by atoms with Gasteiger partial charge in [-0.05, 0) is 36.9 Å². The predicted molar refractivity (Wildman–Crippen MR) is 91.0 cm³/mol. The third-order valence-corrected chi connectivity index (χ3v) is 3.63. The van der Waals surface area contributed by atoms with Crippen LogP contribution in [0.15, 0.2) is 18.2 Å². The highest BCUT2D eigenvalue weighted by atomic mass is 35.5. The number of hydrogen-bond donors (Lipinski definition) is 2. The number of hydrogen-bond acceptors (Lipinski definition) is 3. The first-order valence-electron chi connectivity index (χ1n) is 7.30. The molecule has 21 heavy (non-hydrogen) atoms. The predicted octanol–water partition coefficient (Wildman–Crippen LogP) is 3.36. The van der Waals surface area contributed by atoms with Gasteiger partial charge in [0.2, 0.25) is 5.91 Å². The third-order valence-electron chi connectivity index (χ3n) is 3.32. The smallest absolute Gasteiger partial charge is 0.224 e. The van der Waals surface area contributed by atoms with E-state index in [0.717, 1.165) is 17.8 Å². The second kappa shape index (κ2) is 8.25. The lowest BCUT2D eigenvalue weighted by Gasteiger charge is -2.21. The molecule has 1 aromatic carbocycles. The van der Waals surface area contributed by atoms with Crippen molar-refractivity contribution in [3.8, 4) is 0 Å². The van der Waals surface area contributed by atoms with Crippen LogP contribution in [0.25, 0.3) is 0 Å². The van der Waals surface area contributed by atoms with Crippen LogP contribution in [0.4, 0.5) is 11.4 Å². The summed E-state index contributed by atoms with van der Waals surface area (Å²) in [5.74, 6) is 0.735. The minimum Gasteiger partial charge on any atom is -0.375 e. The van der Waals surface area contributed by atoms with Gasteiger partial charge in [-0.2, -0.15) is 0 Å². The lowest BCUT2D eigenvalue weighted by molar-refractivity contribution is -0.117. The molecule has 0 fully saturated rings. The van der Waals surface area contributed by atoms with E-state index in [0.29, 0.717) is 23.9 Å². The summed E-state index contributed by atoms with van der Waals surface area (Å²) in [5, 5.41) is 3.57. The topological polar surface area (TPSA) is 58.4 Å². The summed E-state index contributed by atoms with van der Waals surface area (Å²) in [4.78, 5) is 14.1. The van der Waals surface area contributed by atoms with Gasteiger partial charge < -0.3 is 16.0 Å². The molecule has 0 aliphatic rings. The summed E-state index contributed by atoms with van der Waals surface area (Å²) < 4.78 is 0. The molecule has 0 saturated heterocycles. The summed E-state index contributed by atoms with van der Waals surface area (Å²) >= 11 is 6.20. The maximum atomic E-state index is 12.2. The zero-order valence-corrected chi connectivity index (χ0v) is 14.1. The molecule has 0 spiro atoms. The fourth-order valence-corrected chi connectivity index (χ4v) is 2.81. The van der Waals surface area contributed by atoms with E-state index in [9.17, 15) is 4.79 Å². The van der Waals surface area contributed by atoms with Crippen LogP contribution in [0.1, 0.15) is 26.7 Å².